The third-order valence-corrected chi connectivity index (χ3v) is 3.74. The number of nitrogens with two attached hydrogens (primary N) is 1. The predicted molar refractivity (Wildman–Crippen MR) is 65.0 cm³/mol. The van der Waals surface area contributed by atoms with Gasteiger partial charge in [0.1, 0.15) is 18.3 Å². The molecule has 0 bridgehead atoms. The van der Waals surface area contributed by atoms with Gasteiger partial charge in [-0.05, 0) is 0 Å². The number of carbonyl (C=O) groups is 1. The van der Waals surface area contributed by atoms with Gasteiger partial charge >= 0.3 is 6.03 Å². The Kier molecular flexibility index (Phi) is 4.38. The molecule has 5 atom stereocenters. The first-order valence-corrected chi connectivity index (χ1v) is 6.28. The van der Waals surface area contributed by atoms with Crippen molar-refractivity contribution in [1.29, 1.82) is 0 Å². The third-order valence-electron chi connectivity index (χ3n) is 3.33. The molecule has 2 aliphatic heterocycles. The van der Waals surface area contributed by atoms with E-state index in [9.17, 15) is 23.8 Å². The van der Waals surface area contributed by atoms with Gasteiger partial charge in [-0.1, -0.05) is 11.6 Å². The molecule has 1 fully saturated rings. The van der Waals surface area contributed by atoms with E-state index in [2.05, 4.69) is 0 Å². The first kappa shape index (κ1) is 16.3. The molecule has 120 valence electrons. The Morgan fingerprint density at radius 3 is 2.62 bits per heavy atom. The van der Waals surface area contributed by atoms with Gasteiger partial charge in [0, 0.05) is 6.20 Å². The molecule has 6 N–H and O–H groups in total. The second-order valence-corrected chi connectivity index (χ2v) is 5.12. The van der Waals surface area contributed by atoms with E-state index in [0.717, 1.165) is 6.20 Å². The number of ether oxygens (including phenoxy) is 1. The van der Waals surface area contributed by atoms with E-state index in [1.807, 2.05) is 5.32 Å². The zero-order chi connectivity index (χ0) is 15.9. The number of nitrogens with one attached hydrogen (secondary N) is 1. The van der Waals surface area contributed by atoms with Crippen LogP contribution in [0.1, 0.15) is 0 Å². The van der Waals surface area contributed by atoms with E-state index in [4.69, 9.17) is 27.2 Å². The van der Waals surface area contributed by atoms with Crippen LogP contribution in [0.15, 0.2) is 11.2 Å². The fourth-order valence-electron chi connectivity index (χ4n) is 2.05. The largest absolute Gasteiger partial charge is 0.394 e. The molecule has 0 aromatic rings. The quantitative estimate of drug-likeness (QED) is 0.426. The highest BCUT2D eigenvalue weighted by atomic mass is 35.5. The van der Waals surface area contributed by atoms with Crippen LogP contribution in [-0.4, -0.2) is 69.5 Å². The van der Waals surface area contributed by atoms with Crippen molar-refractivity contribution < 1.29 is 33.6 Å². The monoisotopic (exact) mass is 329 g/mol. The first-order chi connectivity index (χ1) is 9.72. The van der Waals surface area contributed by atoms with E-state index in [1.54, 1.807) is 0 Å². The molecule has 1 unspecified atom stereocenters. The van der Waals surface area contributed by atoms with Crippen LogP contribution >= 0.6 is 11.6 Å². The molecule has 2 heterocycles. The fraction of sp³-hybridized carbons (Fsp3) is 0.700. The Bertz CT molecular complexity index is 468. The molecule has 0 spiro atoms. The third kappa shape index (κ3) is 2.58. The molecule has 0 saturated carbocycles. The molecule has 2 rings (SSSR count). The summed E-state index contributed by atoms with van der Waals surface area (Å²) in [5.74, 6) is 0. The predicted octanol–water partition coefficient (Wildman–Crippen LogP) is -1.55. The highest BCUT2D eigenvalue weighted by Gasteiger charge is 2.51. The standard InChI is InChI=1S/C10H14ClF2N3O5/c11-4-1-16(9(20)15-10(4,14)8(12)13)7-6(19)5(18)3(2-17)21-7/h1,3,5-8,17-19H,2,14H2,(H,15,20)/t3-,5-,6-,7-,10?/m1/s1. The van der Waals surface area contributed by atoms with Crippen LogP contribution in [0.25, 0.3) is 0 Å². The Hall–Kier alpha value is -1.04. The molecule has 0 aromatic carbocycles. The van der Waals surface area contributed by atoms with Gasteiger partial charge in [0.2, 0.25) is 0 Å². The lowest BCUT2D eigenvalue weighted by atomic mass is 10.1. The number of halogens is 3. The second-order valence-electron chi connectivity index (χ2n) is 4.71. The van der Waals surface area contributed by atoms with Crippen LogP contribution in [0.3, 0.4) is 0 Å². The van der Waals surface area contributed by atoms with E-state index in [0.29, 0.717) is 4.90 Å². The summed E-state index contributed by atoms with van der Waals surface area (Å²) in [6.07, 6.45) is -7.87. The lowest BCUT2D eigenvalue weighted by Crippen LogP contribution is -2.67. The van der Waals surface area contributed by atoms with Gasteiger partial charge < -0.3 is 25.4 Å². The molecule has 0 aliphatic carbocycles. The minimum Gasteiger partial charge on any atom is -0.394 e. The summed E-state index contributed by atoms with van der Waals surface area (Å²) in [4.78, 5) is 12.6. The number of alkyl halides is 2. The molecule has 2 aliphatic rings. The van der Waals surface area contributed by atoms with Gasteiger partial charge in [0.25, 0.3) is 6.43 Å². The Balaban J connectivity index is 2.26. The zero-order valence-corrected chi connectivity index (χ0v) is 11.2. The minimum absolute atomic E-state index is 0.574. The van der Waals surface area contributed by atoms with Gasteiger partial charge in [0.05, 0.1) is 11.6 Å². The van der Waals surface area contributed by atoms with Crippen molar-refractivity contribution in [2.75, 3.05) is 6.61 Å². The number of aliphatic hydroxyl groups excluding tert-OH is 3. The number of hydrogen-bond donors (Lipinski definition) is 5. The molecule has 1 saturated heterocycles. The zero-order valence-electron chi connectivity index (χ0n) is 10.5. The van der Waals surface area contributed by atoms with Crippen LogP contribution in [0.4, 0.5) is 13.6 Å². The topological polar surface area (TPSA) is 128 Å². The number of carbonyl (C=O) groups excluding carboxylic acids is 1. The number of amides is 2. The van der Waals surface area contributed by atoms with Gasteiger partial charge in [-0.3, -0.25) is 10.6 Å². The SMILES string of the molecule is NC1(C(F)F)NC(=O)N([C@@H]2O[C@H](CO)[C@@H](O)[C@H]2O)C=C1Cl. The lowest BCUT2D eigenvalue weighted by molar-refractivity contribution is -0.0693. The number of rotatable bonds is 3. The van der Waals surface area contributed by atoms with Crippen LogP contribution in [-0.2, 0) is 4.74 Å². The Labute approximate surface area is 122 Å². The lowest BCUT2D eigenvalue weighted by Gasteiger charge is -2.38. The molecular formula is C10H14ClF2N3O5. The molecule has 0 radical (unpaired) electrons. The maximum absolute atomic E-state index is 12.9. The van der Waals surface area contributed by atoms with Crippen molar-refractivity contribution in [2.24, 2.45) is 5.73 Å². The summed E-state index contributed by atoms with van der Waals surface area (Å²) in [6, 6.07) is -1.09. The molecular weight excluding hydrogens is 316 g/mol. The summed E-state index contributed by atoms with van der Waals surface area (Å²) in [7, 11) is 0. The molecule has 2 amide bonds. The first-order valence-electron chi connectivity index (χ1n) is 5.90. The van der Waals surface area contributed by atoms with E-state index in [1.165, 1.54) is 0 Å². The molecule has 21 heavy (non-hydrogen) atoms. The van der Waals surface area contributed by atoms with Gasteiger partial charge in [-0.2, -0.15) is 0 Å². The van der Waals surface area contributed by atoms with Gasteiger partial charge in [0.15, 0.2) is 11.9 Å². The molecule has 11 heteroatoms. The van der Waals surface area contributed by atoms with E-state index >= 15 is 0 Å². The van der Waals surface area contributed by atoms with Crippen LogP contribution in [0, 0.1) is 0 Å². The maximum atomic E-state index is 12.9. The summed E-state index contributed by atoms with van der Waals surface area (Å²) in [5, 5.41) is 29.6. The second kappa shape index (κ2) is 5.63. The highest BCUT2D eigenvalue weighted by Crippen LogP contribution is 2.31. The minimum atomic E-state index is -3.16. The summed E-state index contributed by atoms with van der Waals surface area (Å²) in [6.45, 7) is -0.598. The smallest absolute Gasteiger partial charge is 0.325 e. The molecule has 8 nitrogen and oxygen atoms in total. The van der Waals surface area contributed by atoms with Crippen molar-refractivity contribution in [3.05, 3.63) is 11.2 Å². The van der Waals surface area contributed by atoms with Crippen LogP contribution in [0.5, 0.6) is 0 Å². The number of urea groups is 1. The van der Waals surface area contributed by atoms with Gasteiger partial charge in [-0.15, -0.1) is 0 Å². The average Bonchev–Trinajstić information content (AvgIpc) is 2.70. The van der Waals surface area contributed by atoms with Crippen molar-refractivity contribution in [2.45, 2.75) is 36.6 Å². The van der Waals surface area contributed by atoms with Crippen molar-refractivity contribution >= 4 is 17.6 Å². The maximum Gasteiger partial charge on any atom is 0.325 e. The van der Waals surface area contributed by atoms with Crippen LogP contribution in [0.2, 0.25) is 0 Å². The highest BCUT2D eigenvalue weighted by molar-refractivity contribution is 6.31. The van der Waals surface area contributed by atoms with Gasteiger partial charge in [-0.25, -0.2) is 13.6 Å². The van der Waals surface area contributed by atoms with E-state index < -0.39 is 54.3 Å². The van der Waals surface area contributed by atoms with Crippen molar-refractivity contribution in [3.63, 3.8) is 0 Å². The van der Waals surface area contributed by atoms with E-state index in [-0.39, 0.29) is 0 Å². The Morgan fingerprint density at radius 2 is 2.14 bits per heavy atom. The van der Waals surface area contributed by atoms with Crippen molar-refractivity contribution in [1.82, 2.24) is 10.2 Å². The summed E-state index contributed by atoms with van der Waals surface area (Å²) in [5.41, 5.74) is 2.78. The Morgan fingerprint density at radius 1 is 1.52 bits per heavy atom. The normalized spacial score (nSPS) is 40.5. The summed E-state index contributed by atoms with van der Waals surface area (Å²) < 4.78 is 30.8. The fourth-order valence-corrected chi connectivity index (χ4v) is 2.28. The molecule has 0 aromatic heterocycles. The summed E-state index contributed by atoms with van der Waals surface area (Å²) >= 11 is 5.66. The number of aliphatic hydroxyl groups is 3. The number of hydrogen-bond acceptors (Lipinski definition) is 6. The van der Waals surface area contributed by atoms with Crippen molar-refractivity contribution in [3.8, 4) is 0 Å². The average molecular weight is 330 g/mol. The van der Waals surface area contributed by atoms with Crippen LogP contribution < -0.4 is 11.1 Å². The number of nitrogens with zero attached hydrogens (tertiary/aromatic N) is 1.